The molecule has 4 heteroatoms. The van der Waals surface area contributed by atoms with Crippen LogP contribution < -0.4 is 14.8 Å². The summed E-state index contributed by atoms with van der Waals surface area (Å²) in [7, 11) is 0. The molecule has 0 aromatic heterocycles. The van der Waals surface area contributed by atoms with Gasteiger partial charge in [0.1, 0.15) is 0 Å². The SMILES string of the molecule is CCC(C)NC(C)(CO)c1ccc2c(c1)OCCCO2. The number of rotatable bonds is 5. The lowest BCUT2D eigenvalue weighted by atomic mass is 9.91. The number of hydrogen-bond acceptors (Lipinski definition) is 4. The summed E-state index contributed by atoms with van der Waals surface area (Å²) in [5.74, 6) is 1.56. The van der Waals surface area contributed by atoms with E-state index in [0.29, 0.717) is 19.3 Å². The Kier molecular flexibility index (Phi) is 4.89. The number of ether oxygens (including phenoxy) is 2. The van der Waals surface area contributed by atoms with Gasteiger partial charge in [-0.05, 0) is 38.0 Å². The van der Waals surface area contributed by atoms with Crippen molar-refractivity contribution < 1.29 is 14.6 Å². The Hall–Kier alpha value is -1.26. The number of hydrogen-bond donors (Lipinski definition) is 2. The van der Waals surface area contributed by atoms with Crippen LogP contribution in [-0.4, -0.2) is 31.0 Å². The minimum atomic E-state index is -0.472. The second-order valence-corrected chi connectivity index (χ2v) is 5.66. The summed E-state index contributed by atoms with van der Waals surface area (Å²) in [6.45, 7) is 7.66. The van der Waals surface area contributed by atoms with E-state index in [2.05, 4.69) is 19.2 Å². The maximum atomic E-state index is 9.81. The Balaban J connectivity index is 2.28. The van der Waals surface area contributed by atoms with Gasteiger partial charge in [-0.1, -0.05) is 13.0 Å². The second kappa shape index (κ2) is 6.46. The summed E-state index contributed by atoms with van der Waals surface area (Å²) < 4.78 is 11.4. The number of fused-ring (bicyclic) bond motifs is 1. The fraction of sp³-hybridized carbons (Fsp3) is 0.625. The monoisotopic (exact) mass is 279 g/mol. The van der Waals surface area contributed by atoms with Crippen LogP contribution in [0.25, 0.3) is 0 Å². The van der Waals surface area contributed by atoms with Crippen molar-refractivity contribution in [1.29, 1.82) is 0 Å². The lowest BCUT2D eigenvalue weighted by Crippen LogP contribution is -2.47. The molecular weight excluding hydrogens is 254 g/mol. The summed E-state index contributed by atoms with van der Waals surface area (Å²) in [4.78, 5) is 0. The van der Waals surface area contributed by atoms with Crippen molar-refractivity contribution in [2.75, 3.05) is 19.8 Å². The average molecular weight is 279 g/mol. The van der Waals surface area contributed by atoms with Crippen molar-refractivity contribution in [2.24, 2.45) is 0 Å². The predicted molar refractivity (Wildman–Crippen MR) is 79.4 cm³/mol. The maximum absolute atomic E-state index is 9.81. The predicted octanol–water partition coefficient (Wildman–Crippen LogP) is 2.44. The van der Waals surface area contributed by atoms with Crippen molar-refractivity contribution >= 4 is 0 Å². The molecular formula is C16H25NO3. The van der Waals surface area contributed by atoms with E-state index in [-0.39, 0.29) is 6.61 Å². The molecule has 0 fully saturated rings. The Labute approximate surface area is 121 Å². The van der Waals surface area contributed by atoms with Crippen molar-refractivity contribution in [3.8, 4) is 11.5 Å². The summed E-state index contributed by atoms with van der Waals surface area (Å²) >= 11 is 0. The van der Waals surface area contributed by atoms with Gasteiger partial charge >= 0.3 is 0 Å². The molecule has 4 nitrogen and oxygen atoms in total. The lowest BCUT2D eigenvalue weighted by Gasteiger charge is -2.33. The highest BCUT2D eigenvalue weighted by Gasteiger charge is 2.28. The molecule has 0 saturated heterocycles. The smallest absolute Gasteiger partial charge is 0.161 e. The van der Waals surface area contributed by atoms with E-state index in [1.165, 1.54) is 0 Å². The van der Waals surface area contributed by atoms with Gasteiger partial charge in [0, 0.05) is 12.5 Å². The van der Waals surface area contributed by atoms with Crippen LogP contribution in [0.5, 0.6) is 11.5 Å². The fourth-order valence-corrected chi connectivity index (χ4v) is 2.37. The molecule has 1 aromatic rings. The third-order valence-electron chi connectivity index (χ3n) is 3.88. The zero-order valence-corrected chi connectivity index (χ0v) is 12.6. The van der Waals surface area contributed by atoms with Gasteiger partial charge in [0.15, 0.2) is 11.5 Å². The van der Waals surface area contributed by atoms with E-state index >= 15 is 0 Å². The highest BCUT2D eigenvalue weighted by molar-refractivity contribution is 5.45. The molecule has 1 aliphatic rings. The van der Waals surface area contributed by atoms with Crippen molar-refractivity contribution in [2.45, 2.75) is 45.2 Å². The van der Waals surface area contributed by atoms with Gasteiger partial charge < -0.3 is 19.9 Å². The second-order valence-electron chi connectivity index (χ2n) is 5.66. The van der Waals surface area contributed by atoms with Crippen LogP contribution in [0.4, 0.5) is 0 Å². The van der Waals surface area contributed by atoms with E-state index < -0.39 is 5.54 Å². The van der Waals surface area contributed by atoms with Crippen molar-refractivity contribution in [1.82, 2.24) is 5.32 Å². The van der Waals surface area contributed by atoms with E-state index in [1.54, 1.807) is 0 Å². The van der Waals surface area contributed by atoms with Gasteiger partial charge in [0.05, 0.1) is 25.4 Å². The van der Waals surface area contributed by atoms with Crippen molar-refractivity contribution in [3.05, 3.63) is 23.8 Å². The third-order valence-corrected chi connectivity index (χ3v) is 3.88. The molecule has 112 valence electrons. The van der Waals surface area contributed by atoms with Crippen LogP contribution >= 0.6 is 0 Å². The average Bonchev–Trinajstić information content (AvgIpc) is 2.71. The lowest BCUT2D eigenvalue weighted by molar-refractivity contribution is 0.162. The van der Waals surface area contributed by atoms with E-state index in [1.807, 2.05) is 25.1 Å². The molecule has 1 aromatic carbocycles. The van der Waals surface area contributed by atoms with Crippen LogP contribution in [0, 0.1) is 0 Å². The molecule has 0 bridgehead atoms. The minimum absolute atomic E-state index is 0.0387. The number of benzene rings is 1. The summed E-state index contributed by atoms with van der Waals surface area (Å²) in [5.41, 5.74) is 0.546. The normalized spacial score (nSPS) is 19.0. The Morgan fingerprint density at radius 1 is 1.30 bits per heavy atom. The molecule has 0 spiro atoms. The van der Waals surface area contributed by atoms with E-state index in [4.69, 9.17) is 9.47 Å². The first-order valence-corrected chi connectivity index (χ1v) is 7.37. The van der Waals surface area contributed by atoms with Gasteiger partial charge in [-0.25, -0.2) is 0 Å². The largest absolute Gasteiger partial charge is 0.490 e. The zero-order valence-electron chi connectivity index (χ0n) is 12.6. The number of aliphatic hydroxyl groups excluding tert-OH is 1. The molecule has 2 unspecified atom stereocenters. The van der Waals surface area contributed by atoms with Gasteiger partial charge in [-0.2, -0.15) is 0 Å². The quantitative estimate of drug-likeness (QED) is 0.869. The number of nitrogens with one attached hydrogen (secondary N) is 1. The van der Waals surface area contributed by atoms with Crippen LogP contribution in [0.15, 0.2) is 18.2 Å². The van der Waals surface area contributed by atoms with Crippen LogP contribution in [-0.2, 0) is 5.54 Å². The van der Waals surface area contributed by atoms with E-state index in [9.17, 15) is 5.11 Å². The molecule has 0 saturated carbocycles. The zero-order chi connectivity index (χ0) is 14.6. The Morgan fingerprint density at radius 3 is 2.65 bits per heavy atom. The molecule has 2 rings (SSSR count). The van der Waals surface area contributed by atoms with Crippen molar-refractivity contribution in [3.63, 3.8) is 0 Å². The molecule has 1 aliphatic heterocycles. The van der Waals surface area contributed by atoms with Gasteiger partial charge in [-0.15, -0.1) is 0 Å². The molecule has 2 atom stereocenters. The molecule has 0 radical (unpaired) electrons. The first kappa shape index (κ1) is 15.1. The standard InChI is InChI=1S/C16H25NO3/c1-4-12(2)17-16(3,11-18)13-6-7-14-15(10-13)20-9-5-8-19-14/h6-7,10,12,17-18H,4-5,8-9,11H2,1-3H3. The van der Waals surface area contributed by atoms with E-state index in [0.717, 1.165) is 29.9 Å². The molecule has 20 heavy (non-hydrogen) atoms. The third kappa shape index (κ3) is 3.25. The topological polar surface area (TPSA) is 50.7 Å². The minimum Gasteiger partial charge on any atom is -0.490 e. The van der Waals surface area contributed by atoms with Gasteiger partial charge in [0.2, 0.25) is 0 Å². The fourth-order valence-electron chi connectivity index (χ4n) is 2.37. The van der Waals surface area contributed by atoms with Crippen LogP contribution in [0.1, 0.15) is 39.2 Å². The molecule has 1 heterocycles. The van der Waals surface area contributed by atoms with Gasteiger partial charge in [0.25, 0.3) is 0 Å². The molecule has 0 amide bonds. The summed E-state index contributed by atoms with van der Waals surface area (Å²) in [6, 6.07) is 6.25. The first-order chi connectivity index (χ1) is 9.59. The Morgan fingerprint density at radius 2 is 2.00 bits per heavy atom. The van der Waals surface area contributed by atoms with Gasteiger partial charge in [-0.3, -0.25) is 0 Å². The first-order valence-electron chi connectivity index (χ1n) is 7.37. The summed E-state index contributed by atoms with van der Waals surface area (Å²) in [6.07, 6.45) is 1.91. The molecule has 0 aliphatic carbocycles. The number of aliphatic hydroxyl groups is 1. The highest BCUT2D eigenvalue weighted by atomic mass is 16.5. The Bertz CT molecular complexity index is 449. The summed E-state index contributed by atoms with van der Waals surface area (Å²) in [5, 5.41) is 13.3. The molecule has 2 N–H and O–H groups in total. The maximum Gasteiger partial charge on any atom is 0.161 e. The van der Waals surface area contributed by atoms with Crippen LogP contribution in [0.2, 0.25) is 0 Å². The highest BCUT2D eigenvalue weighted by Crippen LogP contribution is 2.34. The van der Waals surface area contributed by atoms with Crippen LogP contribution in [0.3, 0.4) is 0 Å².